The second-order valence-corrected chi connectivity index (χ2v) is 4.32. The molecule has 11 heavy (non-hydrogen) atoms. The molecule has 0 saturated heterocycles. The SMILES string of the molecule is Cl.NCCCS(=O)(=O)CCO. The highest BCUT2D eigenvalue weighted by Gasteiger charge is 2.07. The third-order valence-electron chi connectivity index (χ3n) is 1.06. The van der Waals surface area contributed by atoms with Crippen LogP contribution in [0.15, 0.2) is 0 Å². The summed E-state index contributed by atoms with van der Waals surface area (Å²) in [4.78, 5) is 0. The van der Waals surface area contributed by atoms with Crippen molar-refractivity contribution in [2.45, 2.75) is 6.42 Å². The van der Waals surface area contributed by atoms with Crippen LogP contribution in [0, 0.1) is 0 Å². The van der Waals surface area contributed by atoms with Crippen LogP contribution >= 0.6 is 12.4 Å². The second-order valence-electron chi connectivity index (χ2n) is 2.02. The van der Waals surface area contributed by atoms with Gasteiger partial charge >= 0.3 is 0 Å². The van der Waals surface area contributed by atoms with Crippen molar-refractivity contribution in [1.82, 2.24) is 0 Å². The summed E-state index contributed by atoms with van der Waals surface area (Å²) < 4.78 is 21.5. The van der Waals surface area contributed by atoms with Gasteiger partial charge in [0.1, 0.15) is 0 Å². The summed E-state index contributed by atoms with van der Waals surface area (Å²) in [5, 5.41) is 8.29. The molecule has 0 aliphatic heterocycles. The number of sulfone groups is 1. The van der Waals surface area contributed by atoms with Crippen molar-refractivity contribution < 1.29 is 13.5 Å². The van der Waals surface area contributed by atoms with E-state index in [9.17, 15) is 8.42 Å². The fourth-order valence-corrected chi connectivity index (χ4v) is 1.63. The maximum Gasteiger partial charge on any atom is 0.152 e. The monoisotopic (exact) mass is 203 g/mol. The summed E-state index contributed by atoms with van der Waals surface area (Å²) in [5.41, 5.74) is 5.10. The normalized spacial score (nSPS) is 10.7. The third-order valence-corrected chi connectivity index (χ3v) is 2.78. The lowest BCUT2D eigenvalue weighted by atomic mass is 10.5. The van der Waals surface area contributed by atoms with E-state index in [-0.39, 0.29) is 30.5 Å². The van der Waals surface area contributed by atoms with E-state index < -0.39 is 9.84 Å². The van der Waals surface area contributed by atoms with Gasteiger partial charge in [0, 0.05) is 0 Å². The molecule has 0 heterocycles. The molecule has 0 atom stereocenters. The summed E-state index contributed by atoms with van der Waals surface area (Å²) in [7, 11) is -3.02. The van der Waals surface area contributed by atoms with Crippen molar-refractivity contribution in [1.29, 1.82) is 0 Å². The van der Waals surface area contributed by atoms with Gasteiger partial charge in [0.25, 0.3) is 0 Å². The highest BCUT2D eigenvalue weighted by Crippen LogP contribution is 1.91. The molecule has 0 unspecified atom stereocenters. The standard InChI is InChI=1S/C5H13NO3S.ClH/c6-2-1-4-10(8,9)5-3-7;/h7H,1-6H2;1H. The first-order chi connectivity index (χ1) is 4.62. The Labute approximate surface area is 73.1 Å². The first-order valence-electron chi connectivity index (χ1n) is 3.14. The lowest BCUT2D eigenvalue weighted by Gasteiger charge is -1.98. The molecular weight excluding hydrogens is 190 g/mol. The number of halogens is 1. The van der Waals surface area contributed by atoms with Crippen LogP contribution in [-0.4, -0.2) is 38.2 Å². The van der Waals surface area contributed by atoms with Crippen molar-refractivity contribution in [3.63, 3.8) is 0 Å². The van der Waals surface area contributed by atoms with Crippen molar-refractivity contribution >= 4 is 22.2 Å². The Kier molecular flexibility index (Phi) is 8.54. The quantitative estimate of drug-likeness (QED) is 0.611. The Balaban J connectivity index is 0. The molecule has 4 nitrogen and oxygen atoms in total. The Hall–Kier alpha value is 0.160. The van der Waals surface area contributed by atoms with Crippen LogP contribution in [0.4, 0.5) is 0 Å². The summed E-state index contributed by atoms with van der Waals surface area (Å²) in [5.74, 6) is -0.0585. The van der Waals surface area contributed by atoms with Gasteiger partial charge in [-0.3, -0.25) is 0 Å². The van der Waals surface area contributed by atoms with E-state index in [1.165, 1.54) is 0 Å². The highest BCUT2D eigenvalue weighted by molar-refractivity contribution is 7.91. The number of hydrogen-bond donors (Lipinski definition) is 2. The maximum atomic E-state index is 10.8. The molecule has 0 amide bonds. The number of rotatable bonds is 5. The van der Waals surface area contributed by atoms with E-state index in [0.717, 1.165) is 0 Å². The fourth-order valence-electron chi connectivity index (χ4n) is 0.544. The van der Waals surface area contributed by atoms with E-state index in [1.807, 2.05) is 0 Å². The maximum absolute atomic E-state index is 10.8. The third kappa shape index (κ3) is 8.06. The molecular formula is C5H14ClNO3S. The van der Waals surface area contributed by atoms with Crippen LogP contribution < -0.4 is 5.73 Å². The van der Waals surface area contributed by atoms with E-state index in [2.05, 4.69) is 0 Å². The average molecular weight is 204 g/mol. The topological polar surface area (TPSA) is 80.4 Å². The molecule has 0 aromatic carbocycles. The van der Waals surface area contributed by atoms with Crippen LogP contribution in [0.2, 0.25) is 0 Å². The fraction of sp³-hybridized carbons (Fsp3) is 1.00. The molecule has 3 N–H and O–H groups in total. The minimum atomic E-state index is -3.02. The molecule has 0 rings (SSSR count). The van der Waals surface area contributed by atoms with Crippen molar-refractivity contribution in [2.24, 2.45) is 5.73 Å². The number of nitrogens with two attached hydrogens (primary N) is 1. The summed E-state index contributed by atoms with van der Waals surface area (Å²) in [6.45, 7) is 0.0809. The number of hydrogen-bond acceptors (Lipinski definition) is 4. The van der Waals surface area contributed by atoms with Crippen LogP contribution in [0.3, 0.4) is 0 Å². The van der Waals surface area contributed by atoms with E-state index in [4.69, 9.17) is 10.8 Å². The van der Waals surface area contributed by atoms with Crippen LogP contribution in [0.5, 0.6) is 0 Å². The molecule has 70 valence electrons. The molecule has 0 bridgehead atoms. The molecule has 0 aliphatic carbocycles. The van der Waals surface area contributed by atoms with Crippen molar-refractivity contribution in [3.05, 3.63) is 0 Å². The van der Waals surface area contributed by atoms with Gasteiger partial charge in [-0.05, 0) is 13.0 Å². The minimum Gasteiger partial charge on any atom is -0.395 e. The highest BCUT2D eigenvalue weighted by atomic mass is 35.5. The van der Waals surface area contributed by atoms with Crippen LogP contribution in [0.1, 0.15) is 6.42 Å². The van der Waals surface area contributed by atoms with Gasteiger partial charge in [0.2, 0.25) is 0 Å². The van der Waals surface area contributed by atoms with Gasteiger partial charge in [-0.15, -0.1) is 12.4 Å². The number of aliphatic hydroxyl groups excluding tert-OH is 1. The zero-order valence-electron chi connectivity index (χ0n) is 6.19. The molecule has 6 heteroatoms. The molecule has 0 saturated carbocycles. The zero-order chi connectivity index (χ0) is 8.04. The van der Waals surface area contributed by atoms with E-state index in [1.54, 1.807) is 0 Å². The Morgan fingerprint density at radius 2 is 1.82 bits per heavy atom. The van der Waals surface area contributed by atoms with Gasteiger partial charge in [-0.25, -0.2) is 8.42 Å². The smallest absolute Gasteiger partial charge is 0.152 e. The van der Waals surface area contributed by atoms with Crippen molar-refractivity contribution in [2.75, 3.05) is 24.7 Å². The lowest BCUT2D eigenvalue weighted by molar-refractivity contribution is 0.319. The Bertz CT molecular complexity index is 169. The second kappa shape index (κ2) is 6.84. The van der Waals surface area contributed by atoms with Gasteiger partial charge < -0.3 is 10.8 Å². The molecule has 0 fully saturated rings. The summed E-state index contributed by atoms with van der Waals surface area (Å²) >= 11 is 0. The summed E-state index contributed by atoms with van der Waals surface area (Å²) in [6.07, 6.45) is 0.475. The Morgan fingerprint density at radius 3 is 2.18 bits per heavy atom. The number of aliphatic hydroxyl groups is 1. The zero-order valence-corrected chi connectivity index (χ0v) is 7.83. The molecule has 0 radical (unpaired) electrons. The average Bonchev–Trinajstić information content (AvgIpc) is 1.84. The predicted octanol–water partition coefficient (Wildman–Crippen LogP) is -0.836. The van der Waals surface area contributed by atoms with E-state index >= 15 is 0 Å². The molecule has 0 aromatic rings. The van der Waals surface area contributed by atoms with Gasteiger partial charge in [0.05, 0.1) is 18.1 Å². The van der Waals surface area contributed by atoms with Crippen LogP contribution in [0.25, 0.3) is 0 Å². The van der Waals surface area contributed by atoms with Gasteiger partial charge in [-0.1, -0.05) is 0 Å². The lowest BCUT2D eigenvalue weighted by Crippen LogP contribution is -2.16. The molecule has 0 aromatic heterocycles. The van der Waals surface area contributed by atoms with Gasteiger partial charge in [-0.2, -0.15) is 0 Å². The van der Waals surface area contributed by atoms with Crippen molar-refractivity contribution in [3.8, 4) is 0 Å². The molecule has 0 spiro atoms. The predicted molar refractivity (Wildman–Crippen MR) is 46.7 cm³/mol. The minimum absolute atomic E-state index is 0. The van der Waals surface area contributed by atoms with E-state index in [0.29, 0.717) is 13.0 Å². The molecule has 0 aliphatic rings. The van der Waals surface area contributed by atoms with Crippen LogP contribution in [-0.2, 0) is 9.84 Å². The first kappa shape index (κ1) is 13.7. The Morgan fingerprint density at radius 1 is 1.27 bits per heavy atom. The van der Waals surface area contributed by atoms with Gasteiger partial charge in [0.15, 0.2) is 9.84 Å². The largest absolute Gasteiger partial charge is 0.395 e. The first-order valence-corrected chi connectivity index (χ1v) is 4.96. The summed E-state index contributed by atoms with van der Waals surface area (Å²) in [6, 6.07) is 0.